The highest BCUT2D eigenvalue weighted by molar-refractivity contribution is 6.51. The van der Waals surface area contributed by atoms with Gasteiger partial charge in [-0.3, -0.25) is 0 Å². The predicted molar refractivity (Wildman–Crippen MR) is 62.7 cm³/mol. The normalized spacial score (nSPS) is 10.7. The van der Waals surface area contributed by atoms with Gasteiger partial charge >= 0.3 is 0 Å². The molecular formula is C11H24OSi. The van der Waals surface area contributed by atoms with Crippen molar-refractivity contribution < 1.29 is 4.43 Å². The molecule has 0 aromatic rings. The molecule has 0 unspecified atom stereocenters. The standard InChI is InChI=1S/C11H24OSi/c1-4-7-8-9-12-13(10-5-2)11-6-3/h4,13H,1,5-11H2,2-3H3. The maximum Gasteiger partial charge on any atom is 0.176 e. The predicted octanol–water partition coefficient (Wildman–Crippen LogP) is 3.51. The molecule has 0 aliphatic heterocycles. The summed E-state index contributed by atoms with van der Waals surface area (Å²) in [5.41, 5.74) is 0. The van der Waals surface area contributed by atoms with E-state index in [1.54, 1.807) is 0 Å². The van der Waals surface area contributed by atoms with E-state index in [0.29, 0.717) is 0 Å². The summed E-state index contributed by atoms with van der Waals surface area (Å²) < 4.78 is 5.92. The summed E-state index contributed by atoms with van der Waals surface area (Å²) in [4.78, 5) is 0. The molecule has 0 aliphatic carbocycles. The van der Waals surface area contributed by atoms with Crippen LogP contribution in [0.25, 0.3) is 0 Å². The third-order valence-electron chi connectivity index (χ3n) is 2.13. The van der Waals surface area contributed by atoms with Gasteiger partial charge in [0.15, 0.2) is 9.04 Å². The van der Waals surface area contributed by atoms with Crippen LogP contribution in [0.5, 0.6) is 0 Å². The van der Waals surface area contributed by atoms with E-state index in [-0.39, 0.29) is 0 Å². The lowest BCUT2D eigenvalue weighted by atomic mass is 10.3. The molecule has 0 atom stereocenters. The molecule has 0 aromatic heterocycles. The summed E-state index contributed by atoms with van der Waals surface area (Å²) in [5, 5.41) is 0. The van der Waals surface area contributed by atoms with E-state index in [1.165, 1.54) is 24.9 Å². The zero-order chi connectivity index (χ0) is 9.94. The first kappa shape index (κ1) is 12.9. The van der Waals surface area contributed by atoms with Crippen LogP contribution in [0.4, 0.5) is 0 Å². The quantitative estimate of drug-likeness (QED) is 0.314. The van der Waals surface area contributed by atoms with Crippen molar-refractivity contribution in [2.24, 2.45) is 0 Å². The monoisotopic (exact) mass is 200 g/mol. The second kappa shape index (κ2) is 10.0. The number of hydrogen-bond donors (Lipinski definition) is 0. The summed E-state index contributed by atoms with van der Waals surface area (Å²) in [6.07, 6.45) is 6.80. The first-order valence-corrected chi connectivity index (χ1v) is 7.68. The molecule has 0 saturated heterocycles. The fourth-order valence-corrected chi connectivity index (χ4v) is 3.84. The van der Waals surface area contributed by atoms with Crippen LogP contribution in [0.3, 0.4) is 0 Å². The molecule has 0 aliphatic rings. The van der Waals surface area contributed by atoms with Crippen molar-refractivity contribution in [2.45, 2.75) is 51.6 Å². The first-order chi connectivity index (χ1) is 6.35. The van der Waals surface area contributed by atoms with Gasteiger partial charge in [0.1, 0.15) is 0 Å². The third kappa shape index (κ3) is 8.25. The van der Waals surface area contributed by atoms with Gasteiger partial charge in [0, 0.05) is 6.61 Å². The van der Waals surface area contributed by atoms with E-state index in [9.17, 15) is 0 Å². The molecule has 13 heavy (non-hydrogen) atoms. The minimum absolute atomic E-state index is 0.811. The number of hydrogen-bond acceptors (Lipinski definition) is 1. The molecule has 0 rings (SSSR count). The molecule has 0 aromatic carbocycles. The lowest BCUT2D eigenvalue weighted by Crippen LogP contribution is -2.17. The summed E-state index contributed by atoms with van der Waals surface area (Å²) in [5.74, 6) is 0. The maximum absolute atomic E-state index is 5.92. The molecule has 0 saturated carbocycles. The van der Waals surface area contributed by atoms with Crippen molar-refractivity contribution >= 4 is 9.04 Å². The highest BCUT2D eigenvalue weighted by atomic mass is 28.3. The van der Waals surface area contributed by atoms with E-state index < -0.39 is 9.04 Å². The van der Waals surface area contributed by atoms with Gasteiger partial charge in [-0.05, 0) is 24.9 Å². The minimum atomic E-state index is -0.811. The molecule has 78 valence electrons. The van der Waals surface area contributed by atoms with Crippen LogP contribution < -0.4 is 0 Å². The Balaban J connectivity index is 3.37. The van der Waals surface area contributed by atoms with Crippen LogP contribution in [0.1, 0.15) is 39.5 Å². The molecule has 0 heterocycles. The van der Waals surface area contributed by atoms with Crippen molar-refractivity contribution in [3.8, 4) is 0 Å². The van der Waals surface area contributed by atoms with Gasteiger partial charge in [-0.2, -0.15) is 0 Å². The minimum Gasteiger partial charge on any atom is -0.420 e. The molecule has 0 radical (unpaired) electrons. The van der Waals surface area contributed by atoms with E-state index >= 15 is 0 Å². The van der Waals surface area contributed by atoms with Gasteiger partial charge in [0.05, 0.1) is 0 Å². The van der Waals surface area contributed by atoms with E-state index in [2.05, 4.69) is 20.4 Å². The van der Waals surface area contributed by atoms with Crippen LogP contribution in [0.2, 0.25) is 12.1 Å². The van der Waals surface area contributed by atoms with Crippen molar-refractivity contribution in [1.82, 2.24) is 0 Å². The Labute approximate surface area is 84.9 Å². The fraction of sp³-hybridized carbons (Fsp3) is 0.818. The average Bonchev–Trinajstić information content (AvgIpc) is 2.13. The van der Waals surface area contributed by atoms with E-state index in [4.69, 9.17) is 4.43 Å². The van der Waals surface area contributed by atoms with E-state index in [0.717, 1.165) is 19.4 Å². The van der Waals surface area contributed by atoms with Gasteiger partial charge in [0.25, 0.3) is 0 Å². The molecule has 0 spiro atoms. The molecular weight excluding hydrogens is 176 g/mol. The van der Waals surface area contributed by atoms with Crippen LogP contribution in [0, 0.1) is 0 Å². The molecule has 2 heteroatoms. The van der Waals surface area contributed by atoms with Gasteiger partial charge in [-0.1, -0.05) is 32.8 Å². The number of unbranched alkanes of at least 4 members (excludes halogenated alkanes) is 1. The van der Waals surface area contributed by atoms with Gasteiger partial charge in [0.2, 0.25) is 0 Å². The topological polar surface area (TPSA) is 9.23 Å². The molecule has 0 amide bonds. The average molecular weight is 200 g/mol. The largest absolute Gasteiger partial charge is 0.420 e. The van der Waals surface area contributed by atoms with Crippen molar-refractivity contribution in [3.63, 3.8) is 0 Å². The number of allylic oxidation sites excluding steroid dienone is 1. The Morgan fingerprint density at radius 1 is 1.23 bits per heavy atom. The zero-order valence-electron chi connectivity index (χ0n) is 9.22. The molecule has 0 N–H and O–H groups in total. The van der Waals surface area contributed by atoms with Gasteiger partial charge in [-0.15, -0.1) is 6.58 Å². The summed E-state index contributed by atoms with van der Waals surface area (Å²) in [6, 6.07) is 2.70. The fourth-order valence-electron chi connectivity index (χ4n) is 1.43. The van der Waals surface area contributed by atoms with Gasteiger partial charge < -0.3 is 4.43 Å². The number of rotatable bonds is 9. The second-order valence-electron chi connectivity index (χ2n) is 3.50. The van der Waals surface area contributed by atoms with Crippen molar-refractivity contribution in [1.29, 1.82) is 0 Å². The smallest absolute Gasteiger partial charge is 0.176 e. The molecule has 0 fully saturated rings. The van der Waals surface area contributed by atoms with E-state index in [1.807, 2.05) is 6.08 Å². The van der Waals surface area contributed by atoms with Gasteiger partial charge in [-0.25, -0.2) is 0 Å². The van der Waals surface area contributed by atoms with Crippen LogP contribution >= 0.6 is 0 Å². The highest BCUT2D eigenvalue weighted by Gasteiger charge is 2.08. The van der Waals surface area contributed by atoms with Crippen molar-refractivity contribution in [3.05, 3.63) is 12.7 Å². The Bertz CT molecular complexity index is 109. The highest BCUT2D eigenvalue weighted by Crippen LogP contribution is 2.08. The Morgan fingerprint density at radius 2 is 1.85 bits per heavy atom. The summed E-state index contributed by atoms with van der Waals surface area (Å²) in [7, 11) is -0.811. The Kier molecular flexibility index (Phi) is 9.94. The first-order valence-electron chi connectivity index (χ1n) is 5.57. The van der Waals surface area contributed by atoms with Crippen LogP contribution in [-0.2, 0) is 4.43 Å². The maximum atomic E-state index is 5.92. The SMILES string of the molecule is C=CCCCO[SiH](CCC)CCC. The van der Waals surface area contributed by atoms with Crippen LogP contribution in [0.15, 0.2) is 12.7 Å². The third-order valence-corrected chi connectivity index (χ3v) is 5.28. The lowest BCUT2D eigenvalue weighted by Gasteiger charge is -2.14. The Hall–Kier alpha value is -0.0831. The molecule has 0 bridgehead atoms. The second-order valence-corrected chi connectivity index (χ2v) is 6.23. The van der Waals surface area contributed by atoms with Crippen molar-refractivity contribution in [2.75, 3.05) is 6.61 Å². The zero-order valence-corrected chi connectivity index (χ0v) is 10.4. The van der Waals surface area contributed by atoms with Crippen LogP contribution in [-0.4, -0.2) is 15.6 Å². The lowest BCUT2D eigenvalue weighted by molar-refractivity contribution is 0.311. The molecule has 1 nitrogen and oxygen atoms in total. The summed E-state index contributed by atoms with van der Waals surface area (Å²) >= 11 is 0. The summed E-state index contributed by atoms with van der Waals surface area (Å²) in [6.45, 7) is 9.17. The Morgan fingerprint density at radius 3 is 2.31 bits per heavy atom.